The lowest BCUT2D eigenvalue weighted by Crippen LogP contribution is -2.32. The van der Waals surface area contributed by atoms with Gasteiger partial charge in [0.05, 0.1) is 0 Å². The lowest BCUT2D eigenvalue weighted by atomic mass is 9.90. The molecule has 0 radical (unpaired) electrons. The second-order valence-electron chi connectivity index (χ2n) is 4.22. The number of aryl methyl sites for hydroxylation is 1. The van der Waals surface area contributed by atoms with Crippen LogP contribution in [-0.4, -0.2) is 19.3 Å². The first-order valence-corrected chi connectivity index (χ1v) is 6.61. The fourth-order valence-electron chi connectivity index (χ4n) is 2.18. The third-order valence-corrected chi connectivity index (χ3v) is 4.08. The summed E-state index contributed by atoms with van der Waals surface area (Å²) in [4.78, 5) is 1.31. The van der Waals surface area contributed by atoms with E-state index in [1.165, 1.54) is 4.88 Å². The molecule has 2 heterocycles. The molecule has 0 bridgehead atoms. The Bertz CT molecular complexity index is 267. The summed E-state index contributed by atoms with van der Waals surface area (Å²) in [6.45, 7) is 1.98. The van der Waals surface area contributed by atoms with Crippen LogP contribution in [0, 0.1) is 5.92 Å². The molecule has 1 atom stereocenters. The van der Waals surface area contributed by atoms with E-state index in [1.807, 2.05) is 6.07 Å². The number of hydrogen-bond acceptors (Lipinski definition) is 2. The van der Waals surface area contributed by atoms with Crippen molar-refractivity contribution in [1.29, 1.82) is 0 Å². The van der Waals surface area contributed by atoms with E-state index in [4.69, 9.17) is 0 Å². The van der Waals surface area contributed by atoms with Crippen LogP contribution in [0.25, 0.3) is 0 Å². The van der Waals surface area contributed by atoms with Gasteiger partial charge in [-0.2, -0.15) is 0 Å². The van der Waals surface area contributed by atoms with Gasteiger partial charge in [-0.05, 0) is 56.1 Å². The number of rotatable bonds is 4. The van der Waals surface area contributed by atoms with Crippen LogP contribution in [0.5, 0.6) is 0 Å². The highest BCUT2D eigenvalue weighted by molar-refractivity contribution is 7.09. The Hall–Kier alpha value is -0.410. The predicted octanol–water partition coefficient (Wildman–Crippen LogP) is 3.02. The second kappa shape index (κ2) is 5.61. The van der Waals surface area contributed by atoms with Gasteiger partial charge in [-0.15, -0.1) is 11.3 Å². The summed E-state index contributed by atoms with van der Waals surface area (Å²) in [5.41, 5.74) is 0. The van der Waals surface area contributed by atoms with E-state index in [1.54, 1.807) is 11.3 Å². The van der Waals surface area contributed by atoms with E-state index >= 15 is 0 Å². The molecule has 1 saturated heterocycles. The summed E-state index contributed by atoms with van der Waals surface area (Å²) in [6.07, 6.45) is 3.01. The maximum Gasteiger partial charge on any atom is 0.103 e. The highest BCUT2D eigenvalue weighted by atomic mass is 32.1. The number of hydrogen-bond donors (Lipinski definition) is 1. The molecule has 84 valence electrons. The first-order valence-electron chi connectivity index (χ1n) is 5.73. The molecule has 3 heteroatoms. The Balaban J connectivity index is 1.74. The fourth-order valence-corrected chi connectivity index (χ4v) is 2.90. The van der Waals surface area contributed by atoms with Gasteiger partial charge in [0.15, 0.2) is 0 Å². The highest BCUT2D eigenvalue weighted by Gasteiger charge is 2.22. The average molecular weight is 227 g/mol. The molecule has 0 aliphatic carbocycles. The van der Waals surface area contributed by atoms with Crippen molar-refractivity contribution in [3.05, 3.63) is 22.4 Å². The summed E-state index contributed by atoms with van der Waals surface area (Å²) in [6, 6.07) is 4.14. The zero-order chi connectivity index (χ0) is 10.5. The minimum absolute atomic E-state index is 0.297. The lowest BCUT2D eigenvalue weighted by Gasteiger charge is -2.25. The quantitative estimate of drug-likeness (QED) is 0.833. The van der Waals surface area contributed by atoms with Gasteiger partial charge in [0, 0.05) is 4.88 Å². The zero-order valence-electron chi connectivity index (χ0n) is 8.92. The van der Waals surface area contributed by atoms with Crippen LogP contribution >= 0.6 is 11.3 Å². The van der Waals surface area contributed by atoms with Crippen molar-refractivity contribution in [2.75, 3.05) is 13.1 Å². The van der Waals surface area contributed by atoms with Crippen molar-refractivity contribution in [3.63, 3.8) is 0 Å². The maximum atomic E-state index is 13.9. The minimum Gasteiger partial charge on any atom is -0.317 e. The van der Waals surface area contributed by atoms with E-state index in [0.717, 1.165) is 32.4 Å². The van der Waals surface area contributed by atoms with Crippen LogP contribution in [0.3, 0.4) is 0 Å². The minimum atomic E-state index is -0.603. The van der Waals surface area contributed by atoms with Crippen molar-refractivity contribution < 1.29 is 4.39 Å². The zero-order valence-corrected chi connectivity index (χ0v) is 9.73. The van der Waals surface area contributed by atoms with Crippen LogP contribution in [0.2, 0.25) is 0 Å². The van der Waals surface area contributed by atoms with E-state index in [2.05, 4.69) is 16.8 Å². The molecule has 0 spiro atoms. The topological polar surface area (TPSA) is 12.0 Å². The standard InChI is InChI=1S/C12H18FNS/c13-12(10-5-7-14-8-6-10)4-3-11-2-1-9-15-11/h1-2,9-10,12,14H,3-8H2. The molecule has 1 aliphatic heterocycles. The number of nitrogens with one attached hydrogen (secondary N) is 1. The van der Waals surface area contributed by atoms with Crippen LogP contribution in [-0.2, 0) is 6.42 Å². The van der Waals surface area contributed by atoms with Crippen LogP contribution in [0.4, 0.5) is 4.39 Å². The number of halogens is 1. The second-order valence-corrected chi connectivity index (χ2v) is 5.25. The van der Waals surface area contributed by atoms with Gasteiger partial charge in [0.1, 0.15) is 6.17 Å². The fraction of sp³-hybridized carbons (Fsp3) is 0.667. The van der Waals surface area contributed by atoms with Crippen molar-refractivity contribution in [2.45, 2.75) is 31.9 Å². The Labute approximate surface area is 94.7 Å². The molecular formula is C12H18FNS. The first-order chi connectivity index (χ1) is 7.36. The van der Waals surface area contributed by atoms with Gasteiger partial charge in [0.2, 0.25) is 0 Å². The average Bonchev–Trinajstić information content (AvgIpc) is 2.80. The lowest BCUT2D eigenvalue weighted by molar-refractivity contribution is 0.178. The molecule has 15 heavy (non-hydrogen) atoms. The largest absolute Gasteiger partial charge is 0.317 e. The molecule has 0 amide bonds. The van der Waals surface area contributed by atoms with Gasteiger partial charge in [-0.3, -0.25) is 0 Å². The first kappa shape index (κ1) is 11.1. The van der Waals surface area contributed by atoms with Gasteiger partial charge < -0.3 is 5.32 Å². The van der Waals surface area contributed by atoms with Crippen molar-refractivity contribution >= 4 is 11.3 Å². The third kappa shape index (κ3) is 3.28. The summed E-state index contributed by atoms with van der Waals surface area (Å²) in [5, 5.41) is 5.34. The molecule has 1 aromatic heterocycles. The summed E-state index contributed by atoms with van der Waals surface area (Å²) >= 11 is 1.73. The van der Waals surface area contributed by atoms with Crippen molar-refractivity contribution in [1.82, 2.24) is 5.32 Å². The van der Waals surface area contributed by atoms with Crippen LogP contribution in [0.15, 0.2) is 17.5 Å². The Morgan fingerprint density at radius 3 is 2.93 bits per heavy atom. The van der Waals surface area contributed by atoms with Gasteiger partial charge in [0.25, 0.3) is 0 Å². The number of piperidine rings is 1. The van der Waals surface area contributed by atoms with Crippen molar-refractivity contribution in [2.24, 2.45) is 5.92 Å². The molecule has 1 nitrogen and oxygen atoms in total. The van der Waals surface area contributed by atoms with E-state index < -0.39 is 6.17 Å². The van der Waals surface area contributed by atoms with Gasteiger partial charge in [-0.1, -0.05) is 6.07 Å². The summed E-state index contributed by atoms with van der Waals surface area (Å²) < 4.78 is 13.9. The molecule has 0 saturated carbocycles. The number of alkyl halides is 1. The molecule has 1 aromatic rings. The van der Waals surface area contributed by atoms with E-state index in [-0.39, 0.29) is 0 Å². The molecule has 1 aliphatic rings. The Kier molecular flexibility index (Phi) is 4.15. The smallest absolute Gasteiger partial charge is 0.103 e. The van der Waals surface area contributed by atoms with E-state index in [0.29, 0.717) is 12.3 Å². The normalized spacial score (nSPS) is 20.3. The molecule has 1 N–H and O–H groups in total. The summed E-state index contributed by atoms with van der Waals surface area (Å²) in [5.74, 6) is 0.297. The third-order valence-electron chi connectivity index (χ3n) is 3.14. The number of thiophene rings is 1. The Morgan fingerprint density at radius 1 is 1.47 bits per heavy atom. The van der Waals surface area contributed by atoms with Crippen LogP contribution in [0.1, 0.15) is 24.1 Å². The monoisotopic (exact) mass is 227 g/mol. The SMILES string of the molecule is FC(CCc1cccs1)C1CCNCC1. The maximum absolute atomic E-state index is 13.9. The molecule has 0 aromatic carbocycles. The van der Waals surface area contributed by atoms with Gasteiger partial charge in [-0.25, -0.2) is 4.39 Å². The molecule has 2 rings (SSSR count). The van der Waals surface area contributed by atoms with E-state index in [9.17, 15) is 4.39 Å². The highest BCUT2D eigenvalue weighted by Crippen LogP contribution is 2.23. The Morgan fingerprint density at radius 2 is 2.27 bits per heavy atom. The molecule has 1 unspecified atom stereocenters. The van der Waals surface area contributed by atoms with Gasteiger partial charge >= 0.3 is 0 Å². The molecule has 1 fully saturated rings. The predicted molar refractivity (Wildman–Crippen MR) is 63.1 cm³/mol. The molecular weight excluding hydrogens is 209 g/mol. The van der Waals surface area contributed by atoms with Crippen LogP contribution < -0.4 is 5.32 Å². The summed E-state index contributed by atoms with van der Waals surface area (Å²) in [7, 11) is 0. The van der Waals surface area contributed by atoms with Crippen molar-refractivity contribution in [3.8, 4) is 0 Å².